The third-order valence-electron chi connectivity index (χ3n) is 7.26. The van der Waals surface area contributed by atoms with Crippen molar-refractivity contribution in [2.45, 2.75) is 115 Å². The molecule has 7 nitrogen and oxygen atoms in total. The van der Waals surface area contributed by atoms with E-state index in [0.717, 1.165) is 12.8 Å². The number of aliphatic carboxylic acids is 1. The minimum Gasteiger partial charge on any atom is -0.479 e. The summed E-state index contributed by atoms with van der Waals surface area (Å²) in [6.45, 7) is 21.4. The minimum absolute atomic E-state index is 0.0511. The molecule has 0 aromatic carbocycles. The van der Waals surface area contributed by atoms with Crippen LogP contribution in [0.2, 0.25) is 36.3 Å². The van der Waals surface area contributed by atoms with E-state index in [2.05, 4.69) is 67.7 Å². The molecular weight excluding hydrogens is 430 g/mol. The van der Waals surface area contributed by atoms with Crippen LogP contribution in [0.5, 0.6) is 0 Å². The molecule has 0 aromatic heterocycles. The van der Waals surface area contributed by atoms with Gasteiger partial charge in [-0.2, -0.15) is 0 Å². The molecular formula is C22H45NO6Si2. The van der Waals surface area contributed by atoms with E-state index in [-0.39, 0.29) is 16.0 Å². The van der Waals surface area contributed by atoms with Gasteiger partial charge in [-0.1, -0.05) is 41.5 Å². The Hall–Kier alpha value is -0.746. The van der Waals surface area contributed by atoms with Gasteiger partial charge in [0, 0.05) is 7.05 Å². The van der Waals surface area contributed by atoms with Crippen molar-refractivity contribution in [3.63, 3.8) is 0 Å². The summed E-state index contributed by atoms with van der Waals surface area (Å²) in [7, 11) is -0.687. The van der Waals surface area contributed by atoms with Gasteiger partial charge in [0.15, 0.2) is 22.2 Å². The van der Waals surface area contributed by atoms with E-state index >= 15 is 0 Å². The second-order valence-electron chi connectivity index (χ2n) is 12.0. The van der Waals surface area contributed by atoms with Crippen molar-refractivity contribution in [1.29, 1.82) is 0 Å². The Balaban J connectivity index is 0.000000316. The van der Waals surface area contributed by atoms with E-state index in [9.17, 15) is 9.59 Å². The number of carboxylic acid groups (broad SMARTS) is 1. The summed E-state index contributed by atoms with van der Waals surface area (Å²) in [5, 5.41) is 10.5. The molecule has 0 aliphatic heterocycles. The molecule has 2 rings (SSSR count). The van der Waals surface area contributed by atoms with Crippen LogP contribution in [0.15, 0.2) is 0 Å². The van der Waals surface area contributed by atoms with Gasteiger partial charge < -0.3 is 14.0 Å². The van der Waals surface area contributed by atoms with Crippen molar-refractivity contribution in [3.8, 4) is 0 Å². The van der Waals surface area contributed by atoms with E-state index in [1.165, 1.54) is 12.2 Å². The maximum Gasteiger partial charge on any atom is 0.334 e. The number of carboxylic acids is 1. The molecule has 0 aromatic rings. The molecule has 0 saturated heterocycles. The zero-order valence-electron chi connectivity index (χ0n) is 21.8. The highest BCUT2D eigenvalue weighted by Crippen LogP contribution is 2.49. The highest BCUT2D eigenvalue weighted by Gasteiger charge is 2.58. The molecule has 0 heterocycles. The number of rotatable bonds is 7. The van der Waals surface area contributed by atoms with Gasteiger partial charge in [-0.05, 0) is 61.9 Å². The quantitative estimate of drug-likeness (QED) is 0.403. The summed E-state index contributed by atoms with van der Waals surface area (Å²) in [6.07, 6.45) is 2.97. The molecule has 0 unspecified atom stereocenters. The van der Waals surface area contributed by atoms with Gasteiger partial charge >= 0.3 is 5.97 Å². The molecule has 1 N–H and O–H groups in total. The smallest absolute Gasteiger partial charge is 0.334 e. The second kappa shape index (κ2) is 8.89. The first kappa shape index (κ1) is 28.3. The summed E-state index contributed by atoms with van der Waals surface area (Å²) in [6, 6.07) is 0. The third-order valence-corrected chi connectivity index (χ3v) is 16.3. The normalized spacial score (nSPS) is 19.7. The SMILES string of the molecule is CC(C)(C)[Si](C)(C)OC1(C(=O)O)CC1.CON(C)C(=O)C1(O[Si](C)(C)C(C)(C)C)CC1. The molecule has 0 spiro atoms. The van der Waals surface area contributed by atoms with Gasteiger partial charge in [0.1, 0.15) is 5.60 Å². The Labute approximate surface area is 191 Å². The number of hydrogen-bond donors (Lipinski definition) is 1. The largest absolute Gasteiger partial charge is 0.479 e. The highest BCUT2D eigenvalue weighted by atomic mass is 28.4. The molecule has 0 radical (unpaired) electrons. The van der Waals surface area contributed by atoms with Gasteiger partial charge in [-0.3, -0.25) is 9.63 Å². The number of amides is 1. The predicted molar refractivity (Wildman–Crippen MR) is 128 cm³/mol. The van der Waals surface area contributed by atoms with Crippen LogP contribution < -0.4 is 0 Å². The number of carbonyl (C=O) groups is 2. The van der Waals surface area contributed by atoms with Crippen molar-refractivity contribution < 1.29 is 28.4 Å². The lowest BCUT2D eigenvalue weighted by molar-refractivity contribution is -0.179. The molecule has 2 aliphatic rings. The Kier molecular flexibility index (Phi) is 8.11. The number of hydrogen-bond acceptors (Lipinski definition) is 5. The average molecular weight is 476 g/mol. The summed E-state index contributed by atoms with van der Waals surface area (Å²) < 4.78 is 12.2. The summed E-state index contributed by atoms with van der Waals surface area (Å²) in [5.74, 6) is -0.841. The van der Waals surface area contributed by atoms with Crippen molar-refractivity contribution in [3.05, 3.63) is 0 Å². The molecule has 0 bridgehead atoms. The monoisotopic (exact) mass is 475 g/mol. The van der Waals surface area contributed by atoms with Crippen molar-refractivity contribution >= 4 is 28.5 Å². The Morgan fingerprint density at radius 2 is 1.13 bits per heavy atom. The van der Waals surface area contributed by atoms with Crippen LogP contribution in [-0.4, -0.2) is 64.0 Å². The third kappa shape index (κ3) is 6.63. The van der Waals surface area contributed by atoms with Crippen LogP contribution in [0.3, 0.4) is 0 Å². The first-order valence-electron chi connectivity index (χ1n) is 11.1. The number of likely N-dealkylation sites (N-methyl/N-ethyl adjacent to an activating group) is 1. The van der Waals surface area contributed by atoms with E-state index in [4.69, 9.17) is 18.8 Å². The molecule has 2 fully saturated rings. The van der Waals surface area contributed by atoms with Crippen LogP contribution in [0.1, 0.15) is 67.2 Å². The van der Waals surface area contributed by atoms with Gasteiger partial charge in [-0.25, -0.2) is 9.86 Å². The molecule has 2 aliphatic carbocycles. The molecule has 31 heavy (non-hydrogen) atoms. The van der Waals surface area contributed by atoms with Crippen LogP contribution in [0.4, 0.5) is 0 Å². The van der Waals surface area contributed by atoms with Gasteiger partial charge in [0.05, 0.1) is 7.11 Å². The van der Waals surface area contributed by atoms with Crippen LogP contribution in [0, 0.1) is 0 Å². The standard InChI is InChI=1S/C12H25NO3Si.C10H20O3Si/c1-11(2,3)17(6,7)16-12(8-9-12)10(14)13(4)15-5;1-9(2,3)14(4,5)13-10(6-7-10)8(11)12/h8-9H2,1-7H3;6-7H2,1-5H3,(H,11,12). The molecule has 182 valence electrons. The molecule has 1 amide bonds. The number of carbonyl (C=O) groups excluding carboxylic acids is 1. The second-order valence-corrected chi connectivity index (χ2v) is 21.5. The lowest BCUT2D eigenvalue weighted by atomic mass is 10.2. The molecule has 9 heteroatoms. The lowest BCUT2D eigenvalue weighted by Crippen LogP contribution is -2.50. The Morgan fingerprint density at radius 3 is 1.35 bits per heavy atom. The van der Waals surface area contributed by atoms with Crippen LogP contribution in [0.25, 0.3) is 0 Å². The highest BCUT2D eigenvalue weighted by molar-refractivity contribution is 6.74. The minimum atomic E-state index is -1.92. The zero-order valence-corrected chi connectivity index (χ0v) is 23.8. The van der Waals surface area contributed by atoms with Crippen molar-refractivity contribution in [2.24, 2.45) is 0 Å². The first-order chi connectivity index (χ1) is 13.7. The van der Waals surface area contributed by atoms with Crippen molar-refractivity contribution in [1.82, 2.24) is 5.06 Å². The zero-order chi connectivity index (χ0) is 24.7. The van der Waals surface area contributed by atoms with E-state index in [1.54, 1.807) is 7.05 Å². The van der Waals surface area contributed by atoms with Gasteiger partial charge in [0.2, 0.25) is 0 Å². The fourth-order valence-electron chi connectivity index (χ4n) is 2.60. The Bertz CT molecular complexity index is 670. The molecule has 0 atom stereocenters. The lowest BCUT2D eigenvalue weighted by Gasteiger charge is -2.39. The van der Waals surface area contributed by atoms with Gasteiger partial charge in [0.25, 0.3) is 5.91 Å². The number of hydroxylamine groups is 2. The van der Waals surface area contributed by atoms with Crippen molar-refractivity contribution in [2.75, 3.05) is 14.2 Å². The fourth-order valence-corrected chi connectivity index (χ4v) is 5.75. The first-order valence-corrected chi connectivity index (χ1v) is 16.9. The fraction of sp³-hybridized carbons (Fsp3) is 0.909. The number of nitrogens with zero attached hydrogens (tertiary/aromatic N) is 1. The Morgan fingerprint density at radius 1 is 0.806 bits per heavy atom. The van der Waals surface area contributed by atoms with Crippen LogP contribution >= 0.6 is 0 Å². The van der Waals surface area contributed by atoms with Crippen LogP contribution in [-0.2, 0) is 23.3 Å². The summed E-state index contributed by atoms with van der Waals surface area (Å²) in [4.78, 5) is 28.1. The summed E-state index contributed by atoms with van der Waals surface area (Å²) >= 11 is 0. The van der Waals surface area contributed by atoms with E-state index < -0.39 is 33.8 Å². The average Bonchev–Trinajstić information content (AvgIpc) is 3.49. The van der Waals surface area contributed by atoms with Gasteiger partial charge in [-0.15, -0.1) is 0 Å². The topological polar surface area (TPSA) is 85.3 Å². The van der Waals surface area contributed by atoms with E-state index in [0.29, 0.717) is 12.8 Å². The maximum atomic E-state index is 12.2. The predicted octanol–water partition coefficient (Wildman–Crippen LogP) is 5.19. The molecule has 2 saturated carbocycles. The maximum absolute atomic E-state index is 12.2. The summed E-state index contributed by atoms with van der Waals surface area (Å²) in [5.41, 5.74) is -1.43. The van der Waals surface area contributed by atoms with E-state index in [1.807, 2.05) is 0 Å².